The first-order valence-electron chi connectivity index (χ1n) is 5.32. The predicted molar refractivity (Wildman–Crippen MR) is 55.4 cm³/mol. The number of aliphatic hydroxyl groups is 3. The van der Waals surface area contributed by atoms with E-state index in [0.29, 0.717) is 0 Å². The normalized spacial score (nSPS) is 42.2. The molecule has 0 aromatic heterocycles. The SMILES string of the molecule is CNC1C(O)[C@@H](O)C(CO)O[C@H]1C(C)C. The van der Waals surface area contributed by atoms with E-state index in [4.69, 9.17) is 9.84 Å². The van der Waals surface area contributed by atoms with E-state index in [-0.39, 0.29) is 24.7 Å². The molecule has 1 aliphatic rings. The highest BCUT2D eigenvalue weighted by atomic mass is 16.5. The van der Waals surface area contributed by atoms with Gasteiger partial charge >= 0.3 is 0 Å². The van der Waals surface area contributed by atoms with Crippen molar-refractivity contribution in [1.29, 1.82) is 0 Å². The number of nitrogens with one attached hydrogen (secondary N) is 1. The summed E-state index contributed by atoms with van der Waals surface area (Å²) in [6.07, 6.45) is -2.85. The van der Waals surface area contributed by atoms with Crippen LogP contribution in [0, 0.1) is 5.92 Å². The molecule has 4 N–H and O–H groups in total. The van der Waals surface area contributed by atoms with Crippen molar-refractivity contribution >= 4 is 0 Å². The number of likely N-dealkylation sites (N-methyl/N-ethyl adjacent to an activating group) is 1. The van der Waals surface area contributed by atoms with Crippen LogP contribution in [-0.4, -0.2) is 59.4 Å². The Hall–Kier alpha value is -0.200. The summed E-state index contributed by atoms with van der Waals surface area (Å²) in [5.41, 5.74) is 0. The van der Waals surface area contributed by atoms with Crippen molar-refractivity contribution in [1.82, 2.24) is 5.32 Å². The summed E-state index contributed by atoms with van der Waals surface area (Å²) in [5, 5.41) is 31.5. The summed E-state index contributed by atoms with van der Waals surface area (Å²) in [6, 6.07) is -0.303. The lowest BCUT2D eigenvalue weighted by molar-refractivity contribution is -0.203. The van der Waals surface area contributed by atoms with Crippen molar-refractivity contribution in [2.45, 2.75) is 44.3 Å². The molecule has 15 heavy (non-hydrogen) atoms. The molecule has 3 unspecified atom stereocenters. The molecule has 1 saturated heterocycles. The highest BCUT2D eigenvalue weighted by molar-refractivity contribution is 4.96. The standard InChI is InChI=1S/C10H21NO4/c1-5(2)10-7(11-3)9(14)8(13)6(4-12)15-10/h5-14H,4H2,1-3H3/t6?,7?,8-,9?,10-/m0/s1. The van der Waals surface area contributed by atoms with Crippen molar-refractivity contribution in [3.63, 3.8) is 0 Å². The highest BCUT2D eigenvalue weighted by Crippen LogP contribution is 2.25. The second-order valence-corrected chi connectivity index (χ2v) is 4.36. The summed E-state index contributed by atoms with van der Waals surface area (Å²) in [4.78, 5) is 0. The van der Waals surface area contributed by atoms with E-state index in [2.05, 4.69) is 5.32 Å². The fraction of sp³-hybridized carbons (Fsp3) is 1.00. The maximum absolute atomic E-state index is 9.85. The van der Waals surface area contributed by atoms with Crippen LogP contribution >= 0.6 is 0 Å². The van der Waals surface area contributed by atoms with Gasteiger partial charge in [-0.25, -0.2) is 0 Å². The van der Waals surface area contributed by atoms with Gasteiger partial charge in [-0.1, -0.05) is 13.8 Å². The number of hydrogen-bond donors (Lipinski definition) is 4. The van der Waals surface area contributed by atoms with E-state index >= 15 is 0 Å². The van der Waals surface area contributed by atoms with Gasteiger partial charge in [0, 0.05) is 0 Å². The second-order valence-electron chi connectivity index (χ2n) is 4.36. The van der Waals surface area contributed by atoms with Crippen LogP contribution in [0.4, 0.5) is 0 Å². The van der Waals surface area contributed by atoms with Crippen LogP contribution in [0.15, 0.2) is 0 Å². The first-order chi connectivity index (χ1) is 7.02. The van der Waals surface area contributed by atoms with Crippen LogP contribution in [0.25, 0.3) is 0 Å². The van der Waals surface area contributed by atoms with Crippen LogP contribution in [0.5, 0.6) is 0 Å². The van der Waals surface area contributed by atoms with E-state index in [1.165, 1.54) is 0 Å². The van der Waals surface area contributed by atoms with Crippen molar-refractivity contribution in [3.05, 3.63) is 0 Å². The molecule has 1 rings (SSSR count). The second kappa shape index (κ2) is 5.23. The Kier molecular flexibility index (Phi) is 4.48. The molecule has 5 heteroatoms. The number of ether oxygens (including phenoxy) is 1. The van der Waals surface area contributed by atoms with Crippen LogP contribution < -0.4 is 5.32 Å². The fourth-order valence-electron chi connectivity index (χ4n) is 2.05. The molecule has 90 valence electrons. The molecule has 1 heterocycles. The number of aliphatic hydroxyl groups excluding tert-OH is 3. The lowest BCUT2D eigenvalue weighted by Gasteiger charge is -2.44. The molecule has 1 fully saturated rings. The van der Waals surface area contributed by atoms with Gasteiger partial charge in [0.05, 0.1) is 18.8 Å². The quantitative estimate of drug-likeness (QED) is 0.475. The summed E-state index contributed by atoms with van der Waals surface area (Å²) in [6.45, 7) is 3.68. The Morgan fingerprint density at radius 3 is 2.27 bits per heavy atom. The Morgan fingerprint density at radius 2 is 1.87 bits per heavy atom. The number of hydrogen-bond acceptors (Lipinski definition) is 5. The molecule has 1 aliphatic heterocycles. The van der Waals surface area contributed by atoms with E-state index in [1.807, 2.05) is 13.8 Å². The summed E-state index contributed by atoms with van der Waals surface area (Å²) in [7, 11) is 1.72. The Bertz CT molecular complexity index is 200. The van der Waals surface area contributed by atoms with Crippen LogP contribution in [0.1, 0.15) is 13.8 Å². The minimum atomic E-state index is -1.04. The molecule has 0 radical (unpaired) electrons. The Balaban J connectivity index is 2.79. The third-order valence-corrected chi connectivity index (χ3v) is 2.95. The van der Waals surface area contributed by atoms with Crippen molar-refractivity contribution in [3.8, 4) is 0 Å². The van der Waals surface area contributed by atoms with Gasteiger partial charge in [-0.15, -0.1) is 0 Å². The molecule has 0 aliphatic carbocycles. The summed E-state index contributed by atoms with van der Waals surface area (Å²) in [5.74, 6) is 0.207. The third kappa shape index (κ3) is 2.49. The molecular formula is C10H21NO4. The maximum atomic E-state index is 9.85. The van der Waals surface area contributed by atoms with Gasteiger partial charge in [-0.05, 0) is 13.0 Å². The average Bonchev–Trinajstić information content (AvgIpc) is 2.21. The molecule has 0 amide bonds. The van der Waals surface area contributed by atoms with E-state index in [9.17, 15) is 10.2 Å². The molecule has 0 aromatic rings. The fourth-order valence-corrected chi connectivity index (χ4v) is 2.05. The third-order valence-electron chi connectivity index (χ3n) is 2.95. The highest BCUT2D eigenvalue weighted by Gasteiger charge is 2.44. The lowest BCUT2D eigenvalue weighted by Crippen LogP contribution is -2.63. The van der Waals surface area contributed by atoms with E-state index in [0.717, 1.165) is 0 Å². The first kappa shape index (κ1) is 12.9. The molecule has 5 atom stereocenters. The smallest absolute Gasteiger partial charge is 0.110 e. The topological polar surface area (TPSA) is 82.0 Å². The summed E-state index contributed by atoms with van der Waals surface area (Å²) >= 11 is 0. The largest absolute Gasteiger partial charge is 0.394 e. The van der Waals surface area contributed by atoms with E-state index in [1.54, 1.807) is 7.05 Å². The maximum Gasteiger partial charge on any atom is 0.110 e. The van der Waals surface area contributed by atoms with Crippen molar-refractivity contribution in [2.75, 3.05) is 13.7 Å². The molecular weight excluding hydrogens is 198 g/mol. The van der Waals surface area contributed by atoms with Crippen molar-refractivity contribution in [2.24, 2.45) is 5.92 Å². The van der Waals surface area contributed by atoms with Gasteiger partial charge in [0.2, 0.25) is 0 Å². The molecule has 0 saturated carbocycles. The summed E-state index contributed by atoms with van der Waals surface area (Å²) < 4.78 is 5.56. The van der Waals surface area contributed by atoms with Gasteiger partial charge in [-0.2, -0.15) is 0 Å². The van der Waals surface area contributed by atoms with Crippen molar-refractivity contribution < 1.29 is 20.1 Å². The van der Waals surface area contributed by atoms with Crippen LogP contribution in [0.2, 0.25) is 0 Å². The number of rotatable bonds is 3. The zero-order valence-corrected chi connectivity index (χ0v) is 9.42. The monoisotopic (exact) mass is 219 g/mol. The zero-order chi connectivity index (χ0) is 11.6. The Morgan fingerprint density at radius 1 is 1.27 bits per heavy atom. The molecule has 0 aromatic carbocycles. The van der Waals surface area contributed by atoms with Gasteiger partial charge in [0.15, 0.2) is 0 Å². The average molecular weight is 219 g/mol. The molecule has 5 nitrogen and oxygen atoms in total. The van der Waals surface area contributed by atoms with Crippen LogP contribution in [-0.2, 0) is 4.74 Å². The van der Waals surface area contributed by atoms with E-state index < -0.39 is 18.3 Å². The van der Waals surface area contributed by atoms with Gasteiger partial charge in [-0.3, -0.25) is 0 Å². The molecule has 0 bridgehead atoms. The lowest BCUT2D eigenvalue weighted by atomic mass is 9.87. The minimum Gasteiger partial charge on any atom is -0.394 e. The first-order valence-corrected chi connectivity index (χ1v) is 5.32. The van der Waals surface area contributed by atoms with Crippen LogP contribution in [0.3, 0.4) is 0 Å². The molecule has 0 spiro atoms. The zero-order valence-electron chi connectivity index (χ0n) is 9.42. The minimum absolute atomic E-state index is 0.203. The van der Waals surface area contributed by atoms with Gasteiger partial charge in [0.25, 0.3) is 0 Å². The van der Waals surface area contributed by atoms with Gasteiger partial charge in [0.1, 0.15) is 18.3 Å². The van der Waals surface area contributed by atoms with Gasteiger partial charge < -0.3 is 25.4 Å². The predicted octanol–water partition coefficient (Wildman–Crippen LogP) is -1.29. The Labute approximate surface area is 90.1 Å².